The molecule has 0 radical (unpaired) electrons. The highest BCUT2D eigenvalue weighted by Gasteiger charge is 2.10. The van der Waals surface area contributed by atoms with E-state index in [0.717, 1.165) is 11.0 Å². The van der Waals surface area contributed by atoms with Crippen LogP contribution >= 0.6 is 0 Å². The van der Waals surface area contributed by atoms with Crippen LogP contribution in [0.5, 0.6) is 5.75 Å². The van der Waals surface area contributed by atoms with Gasteiger partial charge in [-0.2, -0.15) is 0 Å². The van der Waals surface area contributed by atoms with Gasteiger partial charge in [0.15, 0.2) is 0 Å². The molecule has 0 aliphatic carbocycles. The van der Waals surface area contributed by atoms with Crippen molar-refractivity contribution in [3.8, 4) is 5.75 Å². The topological polar surface area (TPSA) is 67.0 Å². The average Bonchev–Trinajstić information content (AvgIpc) is 2.95. The van der Waals surface area contributed by atoms with Gasteiger partial charge in [-0.05, 0) is 36.2 Å². The van der Waals surface area contributed by atoms with E-state index in [1.165, 1.54) is 0 Å². The van der Waals surface area contributed by atoms with Gasteiger partial charge in [0, 0.05) is 5.56 Å². The van der Waals surface area contributed by atoms with Crippen molar-refractivity contribution in [2.24, 2.45) is 5.92 Å². The Hall–Kier alpha value is -2.82. The number of aromatic nitrogens is 2. The summed E-state index contributed by atoms with van der Waals surface area (Å²) in [5.41, 5.74) is 2.24. The number of H-pyrrole nitrogens is 1. The Kier molecular flexibility index (Phi) is 4.28. The Morgan fingerprint density at radius 2 is 2.04 bits per heavy atom. The minimum Gasteiger partial charge on any atom is -0.493 e. The summed E-state index contributed by atoms with van der Waals surface area (Å²) in [5.74, 6) is 1.34. The van der Waals surface area contributed by atoms with Gasteiger partial charge >= 0.3 is 0 Å². The fourth-order valence-electron chi connectivity index (χ4n) is 2.18. The van der Waals surface area contributed by atoms with Crippen LogP contribution in [0.15, 0.2) is 48.5 Å². The maximum atomic E-state index is 12.4. The SMILES string of the molecule is CC(C)COc1cccc(C(=O)Nc2nc3ccccc3[nH]2)c1. The summed E-state index contributed by atoms with van der Waals surface area (Å²) >= 11 is 0. The second-order valence-electron chi connectivity index (χ2n) is 5.79. The molecule has 0 fully saturated rings. The molecule has 1 aromatic heterocycles. The van der Waals surface area contributed by atoms with Crippen LogP contribution in [0.2, 0.25) is 0 Å². The summed E-state index contributed by atoms with van der Waals surface area (Å²) in [6.45, 7) is 4.78. The van der Waals surface area contributed by atoms with Gasteiger partial charge in [-0.1, -0.05) is 32.0 Å². The van der Waals surface area contributed by atoms with Gasteiger partial charge in [0.25, 0.3) is 5.91 Å². The molecular formula is C18H19N3O2. The Bertz CT molecular complexity index is 791. The van der Waals surface area contributed by atoms with Crippen molar-refractivity contribution in [3.05, 3.63) is 54.1 Å². The smallest absolute Gasteiger partial charge is 0.258 e. The molecule has 0 spiro atoms. The second kappa shape index (κ2) is 6.52. The summed E-state index contributed by atoms with van der Waals surface area (Å²) in [6.07, 6.45) is 0. The molecule has 0 saturated carbocycles. The van der Waals surface area contributed by atoms with Crippen LogP contribution < -0.4 is 10.1 Å². The Morgan fingerprint density at radius 1 is 1.22 bits per heavy atom. The van der Waals surface area contributed by atoms with Crippen molar-refractivity contribution >= 4 is 22.9 Å². The van der Waals surface area contributed by atoms with Crippen molar-refractivity contribution in [2.75, 3.05) is 11.9 Å². The predicted octanol–water partition coefficient (Wildman–Crippen LogP) is 3.85. The molecule has 2 aromatic carbocycles. The first-order valence-electron chi connectivity index (χ1n) is 7.61. The molecular weight excluding hydrogens is 290 g/mol. The molecule has 0 atom stereocenters. The first-order chi connectivity index (χ1) is 11.1. The molecule has 0 aliphatic rings. The molecule has 5 nitrogen and oxygen atoms in total. The van der Waals surface area contributed by atoms with Crippen molar-refractivity contribution in [1.82, 2.24) is 9.97 Å². The molecule has 5 heteroatoms. The lowest BCUT2D eigenvalue weighted by molar-refractivity contribution is 0.102. The number of anilines is 1. The van der Waals surface area contributed by atoms with E-state index in [4.69, 9.17) is 4.74 Å². The van der Waals surface area contributed by atoms with Gasteiger partial charge in [-0.3, -0.25) is 10.1 Å². The zero-order chi connectivity index (χ0) is 16.2. The van der Waals surface area contributed by atoms with E-state index < -0.39 is 0 Å². The summed E-state index contributed by atoms with van der Waals surface area (Å²) in [4.78, 5) is 19.8. The van der Waals surface area contributed by atoms with E-state index in [1.54, 1.807) is 12.1 Å². The van der Waals surface area contributed by atoms with Gasteiger partial charge in [0.1, 0.15) is 5.75 Å². The molecule has 2 N–H and O–H groups in total. The molecule has 0 aliphatic heterocycles. The number of rotatable bonds is 5. The largest absolute Gasteiger partial charge is 0.493 e. The Balaban J connectivity index is 1.73. The minimum absolute atomic E-state index is 0.223. The molecule has 3 rings (SSSR count). The van der Waals surface area contributed by atoms with Gasteiger partial charge < -0.3 is 9.72 Å². The molecule has 1 amide bonds. The van der Waals surface area contributed by atoms with Crippen LogP contribution in [0, 0.1) is 5.92 Å². The first kappa shape index (κ1) is 15.1. The number of imidazole rings is 1. The molecule has 23 heavy (non-hydrogen) atoms. The van der Waals surface area contributed by atoms with Crippen LogP contribution in [0.3, 0.4) is 0 Å². The maximum Gasteiger partial charge on any atom is 0.258 e. The van der Waals surface area contributed by atoms with Crippen molar-refractivity contribution in [1.29, 1.82) is 0 Å². The number of nitrogens with one attached hydrogen (secondary N) is 2. The number of aromatic amines is 1. The summed E-state index contributed by atoms with van der Waals surface area (Å²) < 4.78 is 5.65. The molecule has 0 unspecified atom stereocenters. The molecule has 118 valence electrons. The number of hydrogen-bond acceptors (Lipinski definition) is 3. The van der Waals surface area contributed by atoms with Crippen molar-refractivity contribution in [2.45, 2.75) is 13.8 Å². The molecule has 0 saturated heterocycles. The summed E-state index contributed by atoms with van der Waals surface area (Å²) in [6, 6.07) is 14.8. The van der Waals surface area contributed by atoms with Crippen LogP contribution in [-0.2, 0) is 0 Å². The van der Waals surface area contributed by atoms with E-state index in [-0.39, 0.29) is 5.91 Å². The van der Waals surface area contributed by atoms with Gasteiger partial charge in [0.2, 0.25) is 5.95 Å². The Morgan fingerprint density at radius 3 is 2.83 bits per heavy atom. The van der Waals surface area contributed by atoms with Crippen LogP contribution in [0.25, 0.3) is 11.0 Å². The number of para-hydroxylation sites is 2. The van der Waals surface area contributed by atoms with Crippen molar-refractivity contribution in [3.63, 3.8) is 0 Å². The molecule has 1 heterocycles. The van der Waals surface area contributed by atoms with E-state index in [0.29, 0.717) is 29.8 Å². The normalized spacial score (nSPS) is 10.9. The maximum absolute atomic E-state index is 12.4. The summed E-state index contributed by atoms with van der Waals surface area (Å²) in [5, 5.41) is 2.78. The number of hydrogen-bond donors (Lipinski definition) is 2. The van der Waals surface area contributed by atoms with Gasteiger partial charge in [-0.25, -0.2) is 4.98 Å². The number of ether oxygens (including phenoxy) is 1. The third kappa shape index (κ3) is 3.69. The van der Waals surface area contributed by atoms with E-state index in [9.17, 15) is 4.79 Å². The van der Waals surface area contributed by atoms with E-state index in [2.05, 4.69) is 29.1 Å². The predicted molar refractivity (Wildman–Crippen MR) is 90.8 cm³/mol. The van der Waals surface area contributed by atoms with E-state index >= 15 is 0 Å². The Labute approximate surface area is 134 Å². The van der Waals surface area contributed by atoms with Crippen molar-refractivity contribution < 1.29 is 9.53 Å². The standard InChI is InChI=1S/C18H19N3O2/c1-12(2)11-23-14-7-5-6-13(10-14)17(22)21-18-19-15-8-3-4-9-16(15)20-18/h3-10,12H,11H2,1-2H3,(H2,19,20,21,22). The lowest BCUT2D eigenvalue weighted by Crippen LogP contribution is -2.13. The second-order valence-corrected chi connectivity index (χ2v) is 5.79. The lowest BCUT2D eigenvalue weighted by Gasteiger charge is -2.09. The minimum atomic E-state index is -0.223. The quantitative estimate of drug-likeness (QED) is 0.752. The molecule has 3 aromatic rings. The number of nitrogens with zero attached hydrogens (tertiary/aromatic N) is 1. The zero-order valence-electron chi connectivity index (χ0n) is 13.2. The summed E-state index contributed by atoms with van der Waals surface area (Å²) in [7, 11) is 0. The third-order valence-corrected chi connectivity index (χ3v) is 3.30. The van der Waals surface area contributed by atoms with Gasteiger partial charge in [0.05, 0.1) is 17.6 Å². The van der Waals surface area contributed by atoms with Crippen LogP contribution in [0.4, 0.5) is 5.95 Å². The van der Waals surface area contributed by atoms with E-state index in [1.807, 2.05) is 36.4 Å². The lowest BCUT2D eigenvalue weighted by atomic mass is 10.2. The van der Waals surface area contributed by atoms with Crippen LogP contribution in [0.1, 0.15) is 24.2 Å². The zero-order valence-corrected chi connectivity index (χ0v) is 13.2. The third-order valence-electron chi connectivity index (χ3n) is 3.30. The fraction of sp³-hybridized carbons (Fsp3) is 0.222. The number of amides is 1. The number of carbonyl (C=O) groups excluding carboxylic acids is 1. The molecule has 0 bridgehead atoms. The van der Waals surface area contributed by atoms with Crippen LogP contribution in [-0.4, -0.2) is 22.5 Å². The number of benzene rings is 2. The van der Waals surface area contributed by atoms with Gasteiger partial charge in [-0.15, -0.1) is 0 Å². The highest BCUT2D eigenvalue weighted by molar-refractivity contribution is 6.04. The highest BCUT2D eigenvalue weighted by Crippen LogP contribution is 2.17. The average molecular weight is 309 g/mol. The highest BCUT2D eigenvalue weighted by atomic mass is 16.5. The number of carbonyl (C=O) groups is 1. The monoisotopic (exact) mass is 309 g/mol. The first-order valence-corrected chi connectivity index (χ1v) is 7.61. The fourth-order valence-corrected chi connectivity index (χ4v) is 2.18. The number of fused-ring (bicyclic) bond motifs is 1.